The number of rotatable bonds is 6. The molecule has 0 aliphatic heterocycles. The first-order chi connectivity index (χ1) is 13.2. The van der Waals surface area contributed by atoms with E-state index in [-0.39, 0.29) is 11.5 Å². The van der Waals surface area contributed by atoms with Gasteiger partial charge in [0, 0.05) is 22.7 Å². The van der Waals surface area contributed by atoms with Crippen LogP contribution in [0.1, 0.15) is 28.4 Å². The highest BCUT2D eigenvalue weighted by Gasteiger charge is 2.17. The number of nitrogens with one attached hydrogen (secondary N) is 1. The maximum atomic E-state index is 12.8. The number of aromatic nitrogens is 5. The molecule has 2 aromatic carbocycles. The molecule has 0 unspecified atom stereocenters. The first-order valence-electron chi connectivity index (χ1n) is 8.78. The first kappa shape index (κ1) is 17.5. The minimum absolute atomic E-state index is 0.0545. The second-order valence-corrected chi connectivity index (χ2v) is 7.21. The lowest BCUT2D eigenvalue weighted by atomic mass is 10.1. The van der Waals surface area contributed by atoms with E-state index in [0.717, 1.165) is 28.6 Å². The van der Waals surface area contributed by atoms with Gasteiger partial charge in [0.05, 0.1) is 11.4 Å². The van der Waals surface area contributed by atoms with Crippen LogP contribution in [0.15, 0.2) is 53.8 Å². The molecule has 0 bridgehead atoms. The Morgan fingerprint density at radius 2 is 2.04 bits per heavy atom. The predicted molar refractivity (Wildman–Crippen MR) is 107 cm³/mol. The Labute approximate surface area is 161 Å². The molecular weight excluding hydrogens is 358 g/mol. The van der Waals surface area contributed by atoms with Gasteiger partial charge < -0.3 is 4.98 Å². The first-order valence-corrected chi connectivity index (χ1v) is 9.77. The second-order valence-electron chi connectivity index (χ2n) is 6.27. The van der Waals surface area contributed by atoms with Gasteiger partial charge in [-0.05, 0) is 41.0 Å². The summed E-state index contributed by atoms with van der Waals surface area (Å²) in [5.41, 5.74) is 4.95. The van der Waals surface area contributed by atoms with Crippen molar-refractivity contribution in [2.45, 2.75) is 25.4 Å². The number of nitrogens with zero attached hydrogens (tertiary/aromatic N) is 4. The molecule has 0 saturated heterocycles. The van der Waals surface area contributed by atoms with Crippen LogP contribution in [-0.4, -0.2) is 36.7 Å². The summed E-state index contributed by atoms with van der Waals surface area (Å²) in [6, 6.07) is 14.0. The number of benzene rings is 2. The molecule has 27 heavy (non-hydrogen) atoms. The van der Waals surface area contributed by atoms with E-state index in [2.05, 4.69) is 33.5 Å². The van der Waals surface area contributed by atoms with Crippen LogP contribution < -0.4 is 0 Å². The highest BCUT2D eigenvalue weighted by atomic mass is 32.2. The van der Waals surface area contributed by atoms with Crippen LogP contribution in [0.25, 0.3) is 16.6 Å². The van der Waals surface area contributed by atoms with E-state index in [1.54, 1.807) is 10.9 Å². The molecule has 0 spiro atoms. The molecule has 4 aromatic rings. The van der Waals surface area contributed by atoms with Gasteiger partial charge in [0.15, 0.2) is 5.78 Å². The number of ketones is 1. The lowest BCUT2D eigenvalue weighted by molar-refractivity contribution is 0.102. The number of hydrogen-bond acceptors (Lipinski definition) is 5. The molecule has 4 rings (SSSR count). The number of fused-ring (bicyclic) bond motifs is 1. The second kappa shape index (κ2) is 7.36. The molecule has 0 aliphatic rings. The summed E-state index contributed by atoms with van der Waals surface area (Å²) in [4.78, 5) is 16.1. The SMILES string of the molecule is CCc1cccc2c(C(=O)CSc3nnnn3-c3ccccc3C)c[nH]c12. The average Bonchev–Trinajstić information content (AvgIpc) is 3.33. The summed E-state index contributed by atoms with van der Waals surface area (Å²) in [6.07, 6.45) is 2.72. The molecule has 136 valence electrons. The van der Waals surface area contributed by atoms with Crippen molar-refractivity contribution in [3.05, 3.63) is 65.4 Å². The van der Waals surface area contributed by atoms with E-state index in [1.165, 1.54) is 17.3 Å². The Hall–Kier alpha value is -2.93. The van der Waals surface area contributed by atoms with Gasteiger partial charge in [-0.15, -0.1) is 5.10 Å². The molecule has 2 heterocycles. The Kier molecular flexibility index (Phi) is 4.77. The van der Waals surface area contributed by atoms with Crippen LogP contribution in [0.2, 0.25) is 0 Å². The van der Waals surface area contributed by atoms with Crippen LogP contribution in [0, 0.1) is 6.92 Å². The summed E-state index contributed by atoms with van der Waals surface area (Å²) >= 11 is 1.35. The molecule has 1 N–H and O–H groups in total. The van der Waals surface area contributed by atoms with Gasteiger partial charge in [-0.1, -0.05) is 55.1 Å². The normalized spacial score (nSPS) is 11.2. The zero-order chi connectivity index (χ0) is 18.8. The zero-order valence-electron chi connectivity index (χ0n) is 15.1. The number of aryl methyl sites for hydroxylation is 2. The molecule has 6 nitrogen and oxygen atoms in total. The molecule has 0 aliphatic carbocycles. The quantitative estimate of drug-likeness (QED) is 0.406. The predicted octanol–water partition coefficient (Wildman–Crippen LogP) is 3.99. The van der Waals surface area contributed by atoms with Gasteiger partial charge in [-0.2, -0.15) is 4.68 Å². The summed E-state index contributed by atoms with van der Waals surface area (Å²) in [7, 11) is 0. The lowest BCUT2D eigenvalue weighted by Crippen LogP contribution is -2.05. The number of thioether (sulfide) groups is 1. The van der Waals surface area contributed by atoms with Crippen LogP contribution in [0.3, 0.4) is 0 Å². The molecule has 0 saturated carbocycles. The van der Waals surface area contributed by atoms with Crippen molar-refractivity contribution in [3.8, 4) is 5.69 Å². The maximum Gasteiger partial charge on any atom is 0.214 e. The Balaban J connectivity index is 1.56. The largest absolute Gasteiger partial charge is 0.360 e. The van der Waals surface area contributed by atoms with Crippen molar-refractivity contribution in [2.24, 2.45) is 0 Å². The van der Waals surface area contributed by atoms with Crippen molar-refractivity contribution < 1.29 is 4.79 Å². The van der Waals surface area contributed by atoms with Crippen molar-refractivity contribution >= 4 is 28.4 Å². The van der Waals surface area contributed by atoms with Crippen LogP contribution in [-0.2, 0) is 6.42 Å². The van der Waals surface area contributed by atoms with E-state index in [4.69, 9.17) is 0 Å². The van der Waals surface area contributed by atoms with Crippen molar-refractivity contribution in [2.75, 3.05) is 5.75 Å². The van der Waals surface area contributed by atoms with Crippen LogP contribution >= 0.6 is 11.8 Å². The van der Waals surface area contributed by atoms with E-state index in [0.29, 0.717) is 10.7 Å². The summed E-state index contributed by atoms with van der Waals surface area (Å²) in [5, 5.41) is 13.5. The molecule has 0 amide bonds. The Bertz CT molecular complexity index is 1110. The topological polar surface area (TPSA) is 76.5 Å². The van der Waals surface area contributed by atoms with Gasteiger partial charge in [-0.3, -0.25) is 4.79 Å². The monoisotopic (exact) mass is 377 g/mol. The number of aromatic amines is 1. The fourth-order valence-electron chi connectivity index (χ4n) is 3.17. The van der Waals surface area contributed by atoms with E-state index in [9.17, 15) is 4.79 Å². The van der Waals surface area contributed by atoms with Crippen LogP contribution in [0.5, 0.6) is 0 Å². The van der Waals surface area contributed by atoms with Gasteiger partial charge >= 0.3 is 0 Å². The van der Waals surface area contributed by atoms with Crippen molar-refractivity contribution in [1.29, 1.82) is 0 Å². The smallest absolute Gasteiger partial charge is 0.214 e. The number of carbonyl (C=O) groups excluding carboxylic acids is 1. The Morgan fingerprint density at radius 3 is 2.85 bits per heavy atom. The van der Waals surface area contributed by atoms with Gasteiger partial charge in [0.2, 0.25) is 5.16 Å². The lowest BCUT2D eigenvalue weighted by Gasteiger charge is -2.06. The number of carbonyl (C=O) groups is 1. The molecule has 2 aromatic heterocycles. The van der Waals surface area contributed by atoms with Crippen LogP contribution in [0.4, 0.5) is 0 Å². The fourth-order valence-corrected chi connectivity index (χ4v) is 3.94. The standard InChI is InChI=1S/C20H19N5OS/c1-3-14-8-6-9-15-16(11-21-19(14)15)18(26)12-27-20-22-23-24-25(20)17-10-5-4-7-13(17)2/h4-11,21H,3,12H2,1-2H3. The minimum Gasteiger partial charge on any atom is -0.360 e. The summed E-state index contributed by atoms with van der Waals surface area (Å²) < 4.78 is 1.68. The van der Waals surface area contributed by atoms with E-state index in [1.807, 2.05) is 43.3 Å². The third-order valence-electron chi connectivity index (χ3n) is 4.60. The number of para-hydroxylation sites is 2. The molecule has 7 heteroatoms. The molecule has 0 fully saturated rings. The average molecular weight is 377 g/mol. The third-order valence-corrected chi connectivity index (χ3v) is 5.52. The van der Waals surface area contributed by atoms with Gasteiger partial charge in [0.1, 0.15) is 0 Å². The van der Waals surface area contributed by atoms with E-state index >= 15 is 0 Å². The number of hydrogen-bond donors (Lipinski definition) is 1. The summed E-state index contributed by atoms with van der Waals surface area (Å²) in [6.45, 7) is 4.12. The number of H-pyrrole nitrogens is 1. The maximum absolute atomic E-state index is 12.8. The van der Waals surface area contributed by atoms with Crippen molar-refractivity contribution in [1.82, 2.24) is 25.2 Å². The fraction of sp³-hybridized carbons (Fsp3) is 0.200. The molecule has 0 atom stereocenters. The highest BCUT2D eigenvalue weighted by Crippen LogP contribution is 2.25. The van der Waals surface area contributed by atoms with Gasteiger partial charge in [0.25, 0.3) is 0 Å². The van der Waals surface area contributed by atoms with E-state index < -0.39 is 0 Å². The highest BCUT2D eigenvalue weighted by molar-refractivity contribution is 7.99. The number of tetrazole rings is 1. The van der Waals surface area contributed by atoms with Crippen molar-refractivity contribution in [3.63, 3.8) is 0 Å². The minimum atomic E-state index is 0.0545. The van der Waals surface area contributed by atoms with Gasteiger partial charge in [-0.25, -0.2) is 0 Å². The third kappa shape index (κ3) is 3.26. The Morgan fingerprint density at radius 1 is 1.19 bits per heavy atom. The molecular formula is C20H19N5OS. The zero-order valence-corrected chi connectivity index (χ0v) is 16.0. The summed E-state index contributed by atoms with van der Waals surface area (Å²) in [5.74, 6) is 0.328. The number of Topliss-reactive ketones (excluding diaryl/α,β-unsaturated/α-hetero) is 1. The molecule has 0 radical (unpaired) electrons.